The molecule has 0 atom stereocenters. The molecule has 0 spiro atoms. The monoisotopic (exact) mass is 314 g/mol. The minimum absolute atomic E-state index is 1.00. The predicted octanol–water partition coefficient (Wildman–Crippen LogP) is 6.10. The molecule has 0 aliphatic heterocycles. The van der Waals surface area contributed by atoms with Crippen molar-refractivity contribution >= 4 is 0 Å². The summed E-state index contributed by atoms with van der Waals surface area (Å²) in [6.45, 7) is 8.71. The molecule has 3 rings (SSSR count). The zero-order valence-corrected chi connectivity index (χ0v) is 15.2. The van der Waals surface area contributed by atoms with Crippen molar-refractivity contribution in [3.05, 3.63) is 105 Å². The summed E-state index contributed by atoms with van der Waals surface area (Å²) in [4.78, 5) is 0. The van der Waals surface area contributed by atoms with Crippen molar-refractivity contribution in [2.75, 3.05) is 0 Å². The molecule has 0 bridgehead atoms. The Morgan fingerprint density at radius 1 is 0.417 bits per heavy atom. The van der Waals surface area contributed by atoms with Crippen LogP contribution in [0.2, 0.25) is 0 Å². The second-order valence-electron chi connectivity index (χ2n) is 7.01. The fourth-order valence-corrected chi connectivity index (χ4v) is 3.07. The highest BCUT2D eigenvalue weighted by Gasteiger charge is 2.02. The lowest BCUT2D eigenvalue weighted by atomic mass is 9.97. The molecule has 0 radical (unpaired) electrons. The number of aryl methyl sites for hydroxylation is 4. The molecular weight excluding hydrogens is 288 g/mol. The summed E-state index contributed by atoms with van der Waals surface area (Å²) in [5.74, 6) is 0. The zero-order chi connectivity index (χ0) is 17.1. The molecule has 0 aliphatic rings. The van der Waals surface area contributed by atoms with E-state index in [4.69, 9.17) is 0 Å². The molecule has 122 valence electrons. The van der Waals surface area contributed by atoms with Gasteiger partial charge in [0.15, 0.2) is 0 Å². The Labute approximate surface area is 146 Å². The van der Waals surface area contributed by atoms with Crippen molar-refractivity contribution in [3.8, 4) is 0 Å². The van der Waals surface area contributed by atoms with Gasteiger partial charge in [-0.15, -0.1) is 0 Å². The van der Waals surface area contributed by atoms with Crippen molar-refractivity contribution in [2.45, 2.75) is 40.5 Å². The Balaban J connectivity index is 1.70. The summed E-state index contributed by atoms with van der Waals surface area (Å²) in [5, 5.41) is 0. The molecule has 0 fully saturated rings. The molecule has 3 aromatic carbocycles. The van der Waals surface area contributed by atoms with Crippen LogP contribution in [0.3, 0.4) is 0 Å². The van der Waals surface area contributed by atoms with Gasteiger partial charge in [-0.05, 0) is 85.0 Å². The Morgan fingerprint density at radius 2 is 0.750 bits per heavy atom. The second kappa shape index (κ2) is 7.05. The number of hydrogen-bond acceptors (Lipinski definition) is 0. The molecule has 0 aliphatic carbocycles. The van der Waals surface area contributed by atoms with E-state index in [1.54, 1.807) is 0 Å². The fourth-order valence-electron chi connectivity index (χ4n) is 3.07. The van der Waals surface area contributed by atoms with Gasteiger partial charge in [0, 0.05) is 0 Å². The molecular formula is C24H26. The molecule has 0 saturated carbocycles. The van der Waals surface area contributed by atoms with Gasteiger partial charge in [0.25, 0.3) is 0 Å². The third kappa shape index (κ3) is 3.94. The van der Waals surface area contributed by atoms with Crippen LogP contribution in [-0.4, -0.2) is 0 Å². The lowest BCUT2D eigenvalue weighted by Crippen LogP contribution is -1.93. The molecule has 0 N–H and O–H groups in total. The summed E-state index contributed by atoms with van der Waals surface area (Å²) in [6.07, 6.45) is 2.01. The normalized spacial score (nSPS) is 10.8. The first-order chi connectivity index (χ1) is 11.5. The highest BCUT2D eigenvalue weighted by atomic mass is 14.1. The van der Waals surface area contributed by atoms with Crippen molar-refractivity contribution in [3.63, 3.8) is 0 Å². The summed E-state index contributed by atoms with van der Waals surface area (Å²) >= 11 is 0. The van der Waals surface area contributed by atoms with Crippen molar-refractivity contribution in [1.29, 1.82) is 0 Å². The van der Waals surface area contributed by atoms with Gasteiger partial charge < -0.3 is 0 Å². The van der Waals surface area contributed by atoms with E-state index in [9.17, 15) is 0 Å². The number of hydrogen-bond donors (Lipinski definition) is 0. The topological polar surface area (TPSA) is 0 Å². The van der Waals surface area contributed by atoms with Gasteiger partial charge in [-0.1, -0.05) is 60.7 Å². The highest BCUT2D eigenvalue weighted by Crippen LogP contribution is 2.17. The van der Waals surface area contributed by atoms with Crippen LogP contribution in [0.1, 0.15) is 44.5 Å². The fraction of sp³-hybridized carbons (Fsp3) is 0.250. The number of benzene rings is 3. The van der Waals surface area contributed by atoms with Crippen LogP contribution in [0.4, 0.5) is 0 Å². The molecule has 0 unspecified atom stereocenters. The van der Waals surface area contributed by atoms with Crippen LogP contribution in [0.25, 0.3) is 0 Å². The van der Waals surface area contributed by atoms with E-state index in [0.29, 0.717) is 0 Å². The molecule has 0 heteroatoms. The van der Waals surface area contributed by atoms with Gasteiger partial charge in [-0.3, -0.25) is 0 Å². The second-order valence-corrected chi connectivity index (χ2v) is 7.01. The maximum Gasteiger partial charge on any atom is -0.00257 e. The largest absolute Gasteiger partial charge is 0.0588 e. The first-order valence-corrected chi connectivity index (χ1v) is 8.71. The third-order valence-electron chi connectivity index (χ3n) is 4.98. The first-order valence-electron chi connectivity index (χ1n) is 8.71. The van der Waals surface area contributed by atoms with Gasteiger partial charge in [0.2, 0.25) is 0 Å². The van der Waals surface area contributed by atoms with E-state index < -0.39 is 0 Å². The van der Waals surface area contributed by atoms with Crippen LogP contribution >= 0.6 is 0 Å². The maximum absolute atomic E-state index is 2.30. The Bertz CT molecular complexity index is 766. The van der Waals surface area contributed by atoms with Gasteiger partial charge in [-0.25, -0.2) is 0 Å². The standard InChI is InChI=1S/C24H26/c1-17-5-7-23(13-19(17)3)15-21-9-11-22(12-10-21)16-24-8-6-18(2)20(4)14-24/h5-14H,15-16H2,1-4H3. The molecule has 3 aromatic rings. The van der Waals surface area contributed by atoms with Crippen molar-refractivity contribution in [1.82, 2.24) is 0 Å². The quantitative estimate of drug-likeness (QED) is 0.545. The SMILES string of the molecule is Cc1ccc(Cc2ccc(Cc3ccc(C)c(C)c3)cc2)cc1C. The first kappa shape index (κ1) is 16.5. The Morgan fingerprint density at radius 3 is 1.08 bits per heavy atom. The molecule has 0 aromatic heterocycles. The van der Waals surface area contributed by atoms with Crippen LogP contribution < -0.4 is 0 Å². The van der Waals surface area contributed by atoms with Crippen LogP contribution in [0.15, 0.2) is 60.7 Å². The number of rotatable bonds is 4. The summed E-state index contributed by atoms with van der Waals surface area (Å²) in [6, 6.07) is 22.6. The molecule has 0 saturated heterocycles. The van der Waals surface area contributed by atoms with Crippen LogP contribution in [0, 0.1) is 27.7 Å². The lowest BCUT2D eigenvalue weighted by molar-refractivity contribution is 1.13. The molecule has 0 nitrogen and oxygen atoms in total. The average Bonchev–Trinajstić information content (AvgIpc) is 2.56. The zero-order valence-electron chi connectivity index (χ0n) is 15.2. The van der Waals surface area contributed by atoms with E-state index in [0.717, 1.165) is 12.8 Å². The van der Waals surface area contributed by atoms with Crippen LogP contribution in [-0.2, 0) is 12.8 Å². The van der Waals surface area contributed by atoms with E-state index in [1.807, 2.05) is 0 Å². The Hall–Kier alpha value is -2.34. The third-order valence-corrected chi connectivity index (χ3v) is 4.98. The van der Waals surface area contributed by atoms with Crippen LogP contribution in [0.5, 0.6) is 0 Å². The van der Waals surface area contributed by atoms with Crippen molar-refractivity contribution < 1.29 is 0 Å². The predicted molar refractivity (Wildman–Crippen MR) is 104 cm³/mol. The minimum atomic E-state index is 1.00. The summed E-state index contributed by atoms with van der Waals surface area (Å²) in [7, 11) is 0. The molecule has 0 amide bonds. The van der Waals surface area contributed by atoms with Crippen molar-refractivity contribution in [2.24, 2.45) is 0 Å². The Kier molecular flexibility index (Phi) is 4.85. The molecule has 24 heavy (non-hydrogen) atoms. The summed E-state index contributed by atoms with van der Waals surface area (Å²) in [5.41, 5.74) is 11.0. The summed E-state index contributed by atoms with van der Waals surface area (Å²) < 4.78 is 0. The minimum Gasteiger partial charge on any atom is -0.0588 e. The molecule has 0 heterocycles. The van der Waals surface area contributed by atoms with E-state index in [1.165, 1.54) is 44.5 Å². The van der Waals surface area contributed by atoms with Gasteiger partial charge in [-0.2, -0.15) is 0 Å². The van der Waals surface area contributed by atoms with Gasteiger partial charge >= 0.3 is 0 Å². The average molecular weight is 314 g/mol. The van der Waals surface area contributed by atoms with E-state index in [-0.39, 0.29) is 0 Å². The smallest absolute Gasteiger partial charge is 0.00257 e. The highest BCUT2D eigenvalue weighted by molar-refractivity contribution is 5.36. The van der Waals surface area contributed by atoms with E-state index >= 15 is 0 Å². The maximum atomic E-state index is 2.30. The van der Waals surface area contributed by atoms with Gasteiger partial charge in [0.1, 0.15) is 0 Å². The van der Waals surface area contributed by atoms with E-state index in [2.05, 4.69) is 88.4 Å². The lowest BCUT2D eigenvalue weighted by Gasteiger charge is -2.08. The van der Waals surface area contributed by atoms with Gasteiger partial charge in [0.05, 0.1) is 0 Å².